The van der Waals surface area contributed by atoms with Crippen LogP contribution in [-0.2, 0) is 16.0 Å². The number of pyridine rings is 1. The van der Waals surface area contributed by atoms with Crippen LogP contribution in [-0.4, -0.2) is 23.4 Å². The van der Waals surface area contributed by atoms with E-state index in [0.717, 1.165) is 24.4 Å². The molecule has 0 atom stereocenters. The zero-order chi connectivity index (χ0) is 18.9. The van der Waals surface area contributed by atoms with Gasteiger partial charge < -0.3 is 0 Å². The summed E-state index contributed by atoms with van der Waals surface area (Å²) in [6.07, 6.45) is -0.613. The minimum atomic E-state index is -4.65. The Hall–Kier alpha value is -2.81. The van der Waals surface area contributed by atoms with Crippen LogP contribution >= 0.6 is 0 Å². The summed E-state index contributed by atoms with van der Waals surface area (Å²) in [5.41, 5.74) is -0.467. The summed E-state index contributed by atoms with van der Waals surface area (Å²) in [5.74, 6) is 0.333. The largest absolute Gasteiger partial charge is 0.416 e. The Morgan fingerprint density at radius 2 is 1.73 bits per heavy atom. The zero-order valence-corrected chi connectivity index (χ0v) is 14.2. The fourth-order valence-corrected chi connectivity index (χ4v) is 3.74. The van der Waals surface area contributed by atoms with E-state index in [2.05, 4.69) is 15.0 Å². The maximum atomic E-state index is 13.0. The van der Waals surface area contributed by atoms with Crippen molar-refractivity contribution in [2.24, 2.45) is 0 Å². The maximum absolute atomic E-state index is 13.0. The Labute approximate surface area is 147 Å². The molecule has 9 heteroatoms. The number of benzene rings is 1. The lowest BCUT2D eigenvalue weighted by Crippen LogP contribution is -2.10. The molecule has 0 radical (unpaired) electrons. The van der Waals surface area contributed by atoms with Gasteiger partial charge in [0.1, 0.15) is 10.7 Å². The molecule has 134 valence electrons. The van der Waals surface area contributed by atoms with Crippen LogP contribution in [0.15, 0.2) is 64.8 Å². The van der Waals surface area contributed by atoms with E-state index in [1.807, 2.05) is 0 Å². The summed E-state index contributed by atoms with van der Waals surface area (Å²) < 4.78 is 64.7. The molecular formula is C17H12F3N3O2S. The summed E-state index contributed by atoms with van der Waals surface area (Å²) in [5, 5.41) is 0. The number of aryl methyl sites for hydroxylation is 1. The molecule has 0 bridgehead atoms. The Bertz CT molecular complexity index is 1050. The molecule has 2 aromatic heterocycles. The summed E-state index contributed by atoms with van der Waals surface area (Å²) in [6.45, 7) is 1.59. The number of nitrogens with zero attached hydrogens (tertiary/aromatic N) is 3. The molecular weight excluding hydrogens is 367 g/mol. The standard InChI is InChI=1S/C17H12F3N3O2S/c1-11-22-10-15(16(23-11)12-5-7-21-8-6-12)26(24,25)14-4-2-3-13(9-14)17(18,19)20/h2-10H,1H3. The van der Waals surface area contributed by atoms with Gasteiger partial charge in [0.25, 0.3) is 0 Å². The van der Waals surface area contributed by atoms with Gasteiger partial charge in [0.2, 0.25) is 9.84 Å². The molecule has 0 aliphatic rings. The minimum absolute atomic E-state index is 0.109. The van der Waals surface area contributed by atoms with Crippen LogP contribution in [0.3, 0.4) is 0 Å². The van der Waals surface area contributed by atoms with E-state index in [1.54, 1.807) is 19.1 Å². The second kappa shape index (κ2) is 6.49. The lowest BCUT2D eigenvalue weighted by molar-refractivity contribution is -0.137. The number of halogens is 3. The van der Waals surface area contributed by atoms with Crippen molar-refractivity contribution in [3.8, 4) is 11.3 Å². The molecule has 2 heterocycles. The quantitative estimate of drug-likeness (QED) is 0.694. The number of hydrogen-bond donors (Lipinski definition) is 0. The van der Waals surface area contributed by atoms with Crippen LogP contribution in [0.1, 0.15) is 11.4 Å². The van der Waals surface area contributed by atoms with Gasteiger partial charge >= 0.3 is 6.18 Å². The second-order valence-electron chi connectivity index (χ2n) is 5.39. The van der Waals surface area contributed by atoms with Crippen LogP contribution in [0.2, 0.25) is 0 Å². The van der Waals surface area contributed by atoms with Crippen LogP contribution in [0.5, 0.6) is 0 Å². The molecule has 3 rings (SSSR count). The van der Waals surface area contributed by atoms with Crippen molar-refractivity contribution in [3.05, 3.63) is 66.4 Å². The molecule has 3 aromatic rings. The average Bonchev–Trinajstić information content (AvgIpc) is 2.61. The van der Waals surface area contributed by atoms with E-state index in [4.69, 9.17) is 0 Å². The monoisotopic (exact) mass is 379 g/mol. The van der Waals surface area contributed by atoms with Crippen molar-refractivity contribution < 1.29 is 21.6 Å². The second-order valence-corrected chi connectivity index (χ2v) is 7.31. The van der Waals surface area contributed by atoms with Crippen molar-refractivity contribution in [2.75, 3.05) is 0 Å². The van der Waals surface area contributed by atoms with Crippen molar-refractivity contribution in [1.82, 2.24) is 15.0 Å². The van der Waals surface area contributed by atoms with Gasteiger partial charge in [-0.25, -0.2) is 18.4 Å². The van der Waals surface area contributed by atoms with E-state index in [1.165, 1.54) is 12.4 Å². The highest BCUT2D eigenvalue weighted by Crippen LogP contribution is 2.34. The van der Waals surface area contributed by atoms with Crippen molar-refractivity contribution >= 4 is 9.84 Å². The highest BCUT2D eigenvalue weighted by Gasteiger charge is 2.32. The van der Waals surface area contributed by atoms with Crippen LogP contribution in [0, 0.1) is 6.92 Å². The molecule has 5 nitrogen and oxygen atoms in total. The Morgan fingerprint density at radius 1 is 1.04 bits per heavy atom. The van der Waals surface area contributed by atoms with E-state index >= 15 is 0 Å². The van der Waals surface area contributed by atoms with Gasteiger partial charge in [-0.3, -0.25) is 4.98 Å². The highest BCUT2D eigenvalue weighted by atomic mass is 32.2. The molecule has 0 amide bonds. The van der Waals surface area contributed by atoms with E-state index in [0.29, 0.717) is 17.5 Å². The predicted octanol–water partition coefficient (Wildman–Crippen LogP) is 3.70. The molecule has 0 saturated heterocycles. The third kappa shape index (κ3) is 3.43. The third-order valence-corrected chi connectivity index (χ3v) is 5.34. The van der Waals surface area contributed by atoms with Gasteiger partial charge in [0.15, 0.2) is 0 Å². The zero-order valence-electron chi connectivity index (χ0n) is 13.4. The first kappa shape index (κ1) is 18.0. The fraction of sp³-hybridized carbons (Fsp3) is 0.118. The predicted molar refractivity (Wildman–Crippen MR) is 86.9 cm³/mol. The third-order valence-electron chi connectivity index (χ3n) is 3.59. The van der Waals surface area contributed by atoms with E-state index in [-0.39, 0.29) is 10.6 Å². The summed E-state index contributed by atoms with van der Waals surface area (Å²) in [7, 11) is -4.26. The molecule has 0 saturated carbocycles. The van der Waals surface area contributed by atoms with Crippen molar-refractivity contribution in [3.63, 3.8) is 0 Å². The summed E-state index contributed by atoms with van der Waals surface area (Å²) in [6, 6.07) is 6.71. The molecule has 1 aromatic carbocycles. The smallest absolute Gasteiger partial charge is 0.265 e. The van der Waals surface area contributed by atoms with Crippen LogP contribution in [0.25, 0.3) is 11.3 Å². The Morgan fingerprint density at radius 3 is 2.38 bits per heavy atom. The van der Waals surface area contributed by atoms with Gasteiger partial charge in [-0.1, -0.05) is 6.07 Å². The number of hydrogen-bond acceptors (Lipinski definition) is 5. The Kier molecular flexibility index (Phi) is 4.49. The number of sulfone groups is 1. The number of aromatic nitrogens is 3. The molecule has 0 fully saturated rings. The highest BCUT2D eigenvalue weighted by molar-refractivity contribution is 7.91. The molecule has 26 heavy (non-hydrogen) atoms. The Balaban J connectivity index is 2.21. The first-order chi connectivity index (χ1) is 12.2. The van der Waals surface area contributed by atoms with Gasteiger partial charge in [-0.05, 0) is 37.3 Å². The lowest BCUT2D eigenvalue weighted by atomic mass is 10.2. The normalized spacial score (nSPS) is 12.2. The maximum Gasteiger partial charge on any atom is 0.416 e. The van der Waals surface area contributed by atoms with Gasteiger partial charge in [0, 0.05) is 18.0 Å². The molecule has 0 N–H and O–H groups in total. The topological polar surface area (TPSA) is 72.8 Å². The molecule has 0 unspecified atom stereocenters. The molecule has 0 spiro atoms. The fourth-order valence-electron chi connectivity index (χ4n) is 2.34. The summed E-state index contributed by atoms with van der Waals surface area (Å²) in [4.78, 5) is 11.2. The van der Waals surface area contributed by atoms with Crippen LogP contribution < -0.4 is 0 Å². The molecule has 0 aliphatic heterocycles. The van der Waals surface area contributed by atoms with E-state index in [9.17, 15) is 21.6 Å². The number of rotatable bonds is 3. The summed E-state index contributed by atoms with van der Waals surface area (Å²) >= 11 is 0. The van der Waals surface area contributed by atoms with E-state index < -0.39 is 26.5 Å². The van der Waals surface area contributed by atoms with Gasteiger partial charge in [-0.15, -0.1) is 0 Å². The first-order valence-corrected chi connectivity index (χ1v) is 8.84. The minimum Gasteiger partial charge on any atom is -0.265 e. The van der Waals surface area contributed by atoms with Crippen molar-refractivity contribution in [2.45, 2.75) is 22.9 Å². The van der Waals surface area contributed by atoms with Gasteiger partial charge in [-0.2, -0.15) is 13.2 Å². The number of alkyl halides is 3. The molecule has 0 aliphatic carbocycles. The first-order valence-electron chi connectivity index (χ1n) is 7.36. The van der Waals surface area contributed by atoms with Crippen LogP contribution in [0.4, 0.5) is 13.2 Å². The lowest BCUT2D eigenvalue weighted by Gasteiger charge is -2.12. The van der Waals surface area contributed by atoms with Crippen molar-refractivity contribution in [1.29, 1.82) is 0 Å². The average molecular weight is 379 g/mol. The SMILES string of the molecule is Cc1ncc(S(=O)(=O)c2cccc(C(F)(F)F)c2)c(-c2ccncc2)n1. The van der Waals surface area contributed by atoms with Gasteiger partial charge in [0.05, 0.1) is 22.3 Å².